The maximum atomic E-state index is 10.8. The summed E-state index contributed by atoms with van der Waals surface area (Å²) in [4.78, 5) is 10.8. The molecule has 0 atom stereocenters. The molecule has 2 rings (SSSR count). The Labute approximate surface area is 89.1 Å². The van der Waals surface area contributed by atoms with Gasteiger partial charge in [0.25, 0.3) is 5.56 Å². The van der Waals surface area contributed by atoms with Crippen molar-refractivity contribution in [2.24, 2.45) is 0 Å². The van der Waals surface area contributed by atoms with Gasteiger partial charge >= 0.3 is 0 Å². The van der Waals surface area contributed by atoms with Crippen LogP contribution in [0.3, 0.4) is 0 Å². The average molecular weight is 207 g/mol. The molecule has 0 radical (unpaired) electrons. The van der Waals surface area contributed by atoms with Crippen LogP contribution < -0.4 is 10.9 Å². The standard InChI is InChI=1S/C11H17N3O/c15-11-8-7-10(13-14-11)12-9-5-3-1-2-4-6-9/h7-9H,1-6H2,(H,12,13)(H,14,15). The summed E-state index contributed by atoms with van der Waals surface area (Å²) in [5, 5.41) is 9.76. The third-order valence-corrected chi connectivity index (χ3v) is 2.89. The molecule has 1 aliphatic carbocycles. The quantitative estimate of drug-likeness (QED) is 0.728. The SMILES string of the molecule is O=c1ccc(NC2CCCCCC2)n[nH]1. The van der Waals surface area contributed by atoms with Gasteiger partial charge in [-0.3, -0.25) is 4.79 Å². The van der Waals surface area contributed by atoms with E-state index < -0.39 is 0 Å². The molecule has 1 aliphatic rings. The van der Waals surface area contributed by atoms with E-state index in [9.17, 15) is 4.79 Å². The van der Waals surface area contributed by atoms with E-state index in [0.717, 1.165) is 5.82 Å². The van der Waals surface area contributed by atoms with Gasteiger partial charge in [-0.25, -0.2) is 5.10 Å². The zero-order valence-electron chi connectivity index (χ0n) is 8.83. The van der Waals surface area contributed by atoms with Crippen molar-refractivity contribution >= 4 is 5.82 Å². The molecular weight excluding hydrogens is 190 g/mol. The van der Waals surface area contributed by atoms with Crippen molar-refractivity contribution in [1.82, 2.24) is 10.2 Å². The molecular formula is C11H17N3O. The summed E-state index contributed by atoms with van der Waals surface area (Å²) in [6, 6.07) is 3.77. The van der Waals surface area contributed by atoms with Crippen LogP contribution in [0.25, 0.3) is 0 Å². The number of aromatic nitrogens is 2. The lowest BCUT2D eigenvalue weighted by atomic mass is 10.1. The number of hydrogen-bond donors (Lipinski definition) is 2. The minimum Gasteiger partial charge on any atom is -0.366 e. The normalized spacial score (nSPS) is 18.4. The van der Waals surface area contributed by atoms with Gasteiger partial charge in [-0.15, -0.1) is 0 Å². The number of hydrogen-bond acceptors (Lipinski definition) is 3. The Balaban J connectivity index is 1.95. The summed E-state index contributed by atoms with van der Waals surface area (Å²) in [5.41, 5.74) is -0.151. The lowest BCUT2D eigenvalue weighted by Crippen LogP contribution is -2.20. The fraction of sp³-hybridized carbons (Fsp3) is 0.636. The van der Waals surface area contributed by atoms with Crippen molar-refractivity contribution in [1.29, 1.82) is 0 Å². The minimum atomic E-state index is -0.151. The number of anilines is 1. The van der Waals surface area contributed by atoms with Crippen molar-refractivity contribution in [3.05, 3.63) is 22.5 Å². The molecule has 0 bridgehead atoms. The maximum Gasteiger partial charge on any atom is 0.264 e. The lowest BCUT2D eigenvalue weighted by Gasteiger charge is -2.15. The molecule has 0 saturated heterocycles. The van der Waals surface area contributed by atoms with E-state index in [1.807, 2.05) is 0 Å². The highest BCUT2D eigenvalue weighted by molar-refractivity contribution is 5.32. The minimum absolute atomic E-state index is 0.151. The summed E-state index contributed by atoms with van der Waals surface area (Å²) < 4.78 is 0. The van der Waals surface area contributed by atoms with Crippen LogP contribution in [-0.4, -0.2) is 16.2 Å². The second-order valence-corrected chi connectivity index (χ2v) is 4.14. The zero-order valence-corrected chi connectivity index (χ0v) is 8.83. The maximum absolute atomic E-state index is 10.8. The van der Waals surface area contributed by atoms with Crippen LogP contribution in [0, 0.1) is 0 Å². The Morgan fingerprint density at radius 3 is 2.53 bits per heavy atom. The van der Waals surface area contributed by atoms with Gasteiger partial charge in [0.1, 0.15) is 5.82 Å². The van der Waals surface area contributed by atoms with Gasteiger partial charge in [0.2, 0.25) is 0 Å². The summed E-state index contributed by atoms with van der Waals surface area (Å²) in [6.07, 6.45) is 7.69. The fourth-order valence-electron chi connectivity index (χ4n) is 2.06. The fourth-order valence-corrected chi connectivity index (χ4v) is 2.06. The topological polar surface area (TPSA) is 57.8 Å². The van der Waals surface area contributed by atoms with Gasteiger partial charge in [0.15, 0.2) is 0 Å². The van der Waals surface area contributed by atoms with Gasteiger partial charge in [-0.05, 0) is 18.9 Å². The van der Waals surface area contributed by atoms with Crippen LogP contribution in [0.1, 0.15) is 38.5 Å². The van der Waals surface area contributed by atoms with E-state index in [0.29, 0.717) is 6.04 Å². The largest absolute Gasteiger partial charge is 0.366 e. The predicted molar refractivity (Wildman–Crippen MR) is 60.0 cm³/mol. The number of nitrogens with one attached hydrogen (secondary N) is 2. The van der Waals surface area contributed by atoms with E-state index in [4.69, 9.17) is 0 Å². The van der Waals surface area contributed by atoms with Crippen molar-refractivity contribution in [3.63, 3.8) is 0 Å². The van der Waals surface area contributed by atoms with E-state index >= 15 is 0 Å². The molecule has 0 unspecified atom stereocenters. The zero-order chi connectivity index (χ0) is 10.5. The molecule has 0 spiro atoms. The molecule has 0 amide bonds. The molecule has 82 valence electrons. The molecule has 4 heteroatoms. The molecule has 1 aromatic rings. The van der Waals surface area contributed by atoms with Crippen LogP contribution in [0.15, 0.2) is 16.9 Å². The molecule has 1 saturated carbocycles. The highest BCUT2D eigenvalue weighted by Crippen LogP contribution is 2.19. The number of H-pyrrole nitrogens is 1. The highest BCUT2D eigenvalue weighted by atomic mass is 16.1. The van der Waals surface area contributed by atoms with Gasteiger partial charge < -0.3 is 5.32 Å². The van der Waals surface area contributed by atoms with Crippen LogP contribution in [0.2, 0.25) is 0 Å². The molecule has 1 fully saturated rings. The Hall–Kier alpha value is -1.32. The molecule has 0 aliphatic heterocycles. The average Bonchev–Trinajstić information content (AvgIpc) is 2.50. The summed E-state index contributed by atoms with van der Waals surface area (Å²) in [5.74, 6) is 0.779. The highest BCUT2D eigenvalue weighted by Gasteiger charge is 2.11. The second kappa shape index (κ2) is 4.96. The Morgan fingerprint density at radius 1 is 1.20 bits per heavy atom. The molecule has 0 aromatic carbocycles. The van der Waals surface area contributed by atoms with E-state index in [1.165, 1.54) is 44.6 Å². The number of rotatable bonds is 2. The first-order valence-corrected chi connectivity index (χ1v) is 5.67. The summed E-state index contributed by atoms with van der Waals surface area (Å²) >= 11 is 0. The predicted octanol–water partition coefficient (Wildman–Crippen LogP) is 1.90. The van der Waals surface area contributed by atoms with Gasteiger partial charge in [-0.2, -0.15) is 5.10 Å². The Morgan fingerprint density at radius 2 is 1.93 bits per heavy atom. The van der Waals surface area contributed by atoms with E-state index in [2.05, 4.69) is 15.5 Å². The molecule has 2 N–H and O–H groups in total. The van der Waals surface area contributed by atoms with Crippen LogP contribution in [0.4, 0.5) is 5.82 Å². The summed E-state index contributed by atoms with van der Waals surface area (Å²) in [6.45, 7) is 0. The van der Waals surface area contributed by atoms with Crippen molar-refractivity contribution < 1.29 is 0 Å². The molecule has 1 aromatic heterocycles. The van der Waals surface area contributed by atoms with Crippen LogP contribution >= 0.6 is 0 Å². The Kier molecular flexibility index (Phi) is 3.37. The van der Waals surface area contributed by atoms with E-state index in [1.54, 1.807) is 6.07 Å². The third-order valence-electron chi connectivity index (χ3n) is 2.89. The van der Waals surface area contributed by atoms with E-state index in [-0.39, 0.29) is 5.56 Å². The first kappa shape index (κ1) is 10.2. The van der Waals surface area contributed by atoms with Gasteiger partial charge in [0, 0.05) is 12.1 Å². The smallest absolute Gasteiger partial charge is 0.264 e. The molecule has 4 nitrogen and oxygen atoms in total. The lowest BCUT2D eigenvalue weighted by molar-refractivity contribution is 0.616. The number of nitrogens with zero attached hydrogens (tertiary/aromatic N) is 1. The molecule has 1 heterocycles. The monoisotopic (exact) mass is 207 g/mol. The van der Waals surface area contributed by atoms with Crippen molar-refractivity contribution in [3.8, 4) is 0 Å². The third kappa shape index (κ3) is 3.08. The number of aromatic amines is 1. The van der Waals surface area contributed by atoms with Crippen LogP contribution in [0.5, 0.6) is 0 Å². The van der Waals surface area contributed by atoms with Crippen molar-refractivity contribution in [2.45, 2.75) is 44.6 Å². The first-order valence-electron chi connectivity index (χ1n) is 5.67. The molecule has 15 heavy (non-hydrogen) atoms. The van der Waals surface area contributed by atoms with Gasteiger partial charge in [-0.1, -0.05) is 25.7 Å². The summed E-state index contributed by atoms with van der Waals surface area (Å²) in [7, 11) is 0. The first-order chi connectivity index (χ1) is 7.34. The van der Waals surface area contributed by atoms with Gasteiger partial charge in [0.05, 0.1) is 0 Å². The van der Waals surface area contributed by atoms with Crippen molar-refractivity contribution in [2.75, 3.05) is 5.32 Å². The van der Waals surface area contributed by atoms with Crippen LogP contribution in [-0.2, 0) is 0 Å². The second-order valence-electron chi connectivity index (χ2n) is 4.14. The Bertz CT molecular complexity index is 333.